The summed E-state index contributed by atoms with van der Waals surface area (Å²) in [5.74, 6) is -5.17. The van der Waals surface area contributed by atoms with E-state index in [2.05, 4.69) is 0 Å². The van der Waals surface area contributed by atoms with Crippen LogP contribution < -0.4 is 0 Å². The molecule has 8 atom stereocenters. The Morgan fingerprint density at radius 2 is 2.14 bits per heavy atom. The number of Topliss-reactive ketones (excluding diaryl/α,β-unsaturated/α-hetero) is 1. The first-order valence-corrected chi connectivity index (χ1v) is 9.62. The van der Waals surface area contributed by atoms with Gasteiger partial charge in [-0.25, -0.2) is 4.39 Å². The monoisotopic (exact) mass is 397 g/mol. The molecule has 6 heteroatoms. The molecule has 3 saturated carbocycles. The molecule has 0 radical (unpaired) electrons. The van der Waals surface area contributed by atoms with Crippen LogP contribution in [-0.2, 0) is 9.59 Å². The predicted octanol–water partition coefficient (Wildman–Crippen LogP) is 1.90. The fourth-order valence-electron chi connectivity index (χ4n) is 6.63. The van der Waals surface area contributed by atoms with E-state index in [1.165, 1.54) is 26.8 Å². The van der Waals surface area contributed by atoms with Crippen LogP contribution in [0.2, 0.25) is 0 Å². The van der Waals surface area contributed by atoms with Crippen molar-refractivity contribution in [1.29, 1.82) is 0 Å². The Balaban J connectivity index is 1.93. The van der Waals surface area contributed by atoms with Crippen LogP contribution in [0.1, 0.15) is 53.3 Å². The standard InChI is InChI=1S/C22H29FO5/c1-12-8-16-15-5-4-13-9-14(25)6-7-19(13,2)21(15,23)17(26)10-20(16,3)22(12,28)18(27)11-24/h6-7,9,12,15-17,24,26,28H,4-5,8,10-11H2,1-3H3/t12-,15-,16?,17-,19-,20-,21-,22-/m0/s1/i4D2,9D,11D2. The van der Waals surface area contributed by atoms with Crippen molar-refractivity contribution in [1.82, 2.24) is 0 Å². The van der Waals surface area contributed by atoms with Crippen molar-refractivity contribution in [2.45, 2.75) is 63.8 Å². The van der Waals surface area contributed by atoms with Gasteiger partial charge in [-0.3, -0.25) is 9.59 Å². The first-order valence-electron chi connectivity index (χ1n) is 12.1. The lowest BCUT2D eigenvalue weighted by atomic mass is 9.44. The number of halogens is 1. The molecule has 0 saturated heterocycles. The van der Waals surface area contributed by atoms with Crippen molar-refractivity contribution in [3.05, 3.63) is 23.8 Å². The van der Waals surface area contributed by atoms with E-state index in [0.717, 1.165) is 6.08 Å². The lowest BCUT2D eigenvalue weighted by molar-refractivity contribution is -0.219. The molecular formula is C22H29FO5. The van der Waals surface area contributed by atoms with Crippen molar-refractivity contribution in [3.63, 3.8) is 0 Å². The zero-order chi connectivity index (χ0) is 25.2. The van der Waals surface area contributed by atoms with Crippen LogP contribution in [0.15, 0.2) is 23.8 Å². The van der Waals surface area contributed by atoms with Crippen molar-refractivity contribution in [3.8, 4) is 0 Å². The summed E-state index contributed by atoms with van der Waals surface area (Å²) in [5.41, 5.74) is -8.61. The molecule has 4 rings (SSSR count). The second kappa shape index (κ2) is 5.83. The summed E-state index contributed by atoms with van der Waals surface area (Å²) in [4.78, 5) is 25.0. The zero-order valence-corrected chi connectivity index (χ0v) is 16.1. The second-order valence-corrected chi connectivity index (χ2v) is 9.24. The molecule has 3 fully saturated rings. The number of alkyl halides is 1. The SMILES string of the molecule is [2H]C1=C2C([2H])([2H])C[C@H]3C4C[C@H](C)[C@](O)(C(=O)C([2H])([2H])O)[C@@]4(C)C[C@H](O)[C@]3(F)[C@@]2(C)C=CC1=O. The molecule has 0 aromatic rings. The summed E-state index contributed by atoms with van der Waals surface area (Å²) in [6.45, 7) is 0.946. The number of aliphatic hydroxyl groups is 3. The number of ketones is 2. The maximum Gasteiger partial charge on any atom is 0.190 e. The van der Waals surface area contributed by atoms with Crippen molar-refractivity contribution in [2.24, 2.45) is 28.6 Å². The van der Waals surface area contributed by atoms with E-state index < -0.39 is 89.3 Å². The van der Waals surface area contributed by atoms with Gasteiger partial charge in [0.25, 0.3) is 0 Å². The highest BCUT2D eigenvalue weighted by Gasteiger charge is 2.75. The maximum absolute atomic E-state index is 17.2. The van der Waals surface area contributed by atoms with Gasteiger partial charge in [0.2, 0.25) is 0 Å². The minimum absolute atomic E-state index is 0.0411. The molecule has 4 aliphatic carbocycles. The Morgan fingerprint density at radius 1 is 1.46 bits per heavy atom. The number of carbonyl (C=O) groups is 2. The Hall–Kier alpha value is -1.37. The third-order valence-electron chi connectivity index (χ3n) is 8.22. The highest BCUT2D eigenvalue weighted by Crippen LogP contribution is 2.70. The van der Waals surface area contributed by atoms with Gasteiger partial charge < -0.3 is 15.3 Å². The van der Waals surface area contributed by atoms with Crippen LogP contribution in [0.25, 0.3) is 0 Å². The summed E-state index contributed by atoms with van der Waals surface area (Å²) in [6, 6.07) is -0.638. The van der Waals surface area contributed by atoms with Crippen LogP contribution in [0, 0.1) is 28.6 Å². The molecule has 0 spiro atoms. The van der Waals surface area contributed by atoms with Gasteiger partial charge in [-0.05, 0) is 56.5 Å². The predicted molar refractivity (Wildman–Crippen MR) is 99.9 cm³/mol. The van der Waals surface area contributed by atoms with Gasteiger partial charge in [0.05, 0.1) is 10.2 Å². The molecule has 0 aliphatic heterocycles. The average Bonchev–Trinajstić information content (AvgIpc) is 2.87. The summed E-state index contributed by atoms with van der Waals surface area (Å²) in [5, 5.41) is 32.5. The fraction of sp³-hybridized carbons (Fsp3) is 0.727. The zero-order valence-electron chi connectivity index (χ0n) is 21.1. The summed E-state index contributed by atoms with van der Waals surface area (Å²) < 4.78 is 57.7. The molecule has 4 aliphatic rings. The highest BCUT2D eigenvalue weighted by molar-refractivity contribution is 6.01. The Morgan fingerprint density at radius 3 is 2.79 bits per heavy atom. The van der Waals surface area contributed by atoms with Crippen LogP contribution in [0.3, 0.4) is 0 Å². The van der Waals surface area contributed by atoms with E-state index in [9.17, 15) is 24.9 Å². The first kappa shape index (κ1) is 14.6. The molecule has 28 heavy (non-hydrogen) atoms. The Bertz CT molecular complexity index is 1010. The maximum atomic E-state index is 17.2. The van der Waals surface area contributed by atoms with E-state index in [1.54, 1.807) is 0 Å². The number of rotatable bonds is 2. The number of aliphatic hydroxyl groups excluding tert-OH is 1. The molecule has 3 N–H and O–H groups in total. The van der Waals surface area contributed by atoms with Crippen LogP contribution >= 0.6 is 0 Å². The first-order chi connectivity index (χ1) is 14.8. The van der Waals surface area contributed by atoms with Crippen LogP contribution in [-0.4, -0.2) is 50.8 Å². The van der Waals surface area contributed by atoms with Gasteiger partial charge in [0.1, 0.15) is 12.2 Å². The highest BCUT2D eigenvalue weighted by atomic mass is 19.1. The second-order valence-electron chi connectivity index (χ2n) is 9.24. The van der Waals surface area contributed by atoms with Crippen molar-refractivity contribution in [2.75, 3.05) is 6.56 Å². The lowest BCUT2D eigenvalue weighted by Gasteiger charge is -2.62. The van der Waals surface area contributed by atoms with Crippen molar-refractivity contribution >= 4 is 11.6 Å². The molecule has 0 aromatic heterocycles. The summed E-state index contributed by atoms with van der Waals surface area (Å²) >= 11 is 0. The van der Waals surface area contributed by atoms with Gasteiger partial charge in [-0.2, -0.15) is 0 Å². The largest absolute Gasteiger partial charge is 0.390 e. The minimum atomic E-state index is -3.36. The molecule has 5 nitrogen and oxygen atoms in total. The van der Waals surface area contributed by atoms with Gasteiger partial charge in [0, 0.05) is 19.5 Å². The molecule has 154 valence electrons. The van der Waals surface area contributed by atoms with E-state index in [0.29, 0.717) is 0 Å². The number of hydrogen-bond acceptors (Lipinski definition) is 5. The normalized spacial score (nSPS) is 57.8. The van der Waals surface area contributed by atoms with Crippen LogP contribution in [0.4, 0.5) is 4.39 Å². The lowest BCUT2D eigenvalue weighted by Crippen LogP contribution is -2.69. The molecule has 0 bridgehead atoms. The number of carbonyl (C=O) groups excluding carboxylic acids is 2. The molecule has 0 aromatic carbocycles. The van der Waals surface area contributed by atoms with E-state index in [4.69, 9.17) is 6.85 Å². The summed E-state index contributed by atoms with van der Waals surface area (Å²) in [7, 11) is 0. The topological polar surface area (TPSA) is 94.8 Å². The van der Waals surface area contributed by atoms with Gasteiger partial charge in [-0.1, -0.05) is 25.5 Å². The Labute approximate surface area is 171 Å². The molecule has 1 unspecified atom stereocenters. The molecular weight excluding hydrogens is 363 g/mol. The Kier molecular flexibility index (Phi) is 3.04. The van der Waals surface area contributed by atoms with Gasteiger partial charge in [-0.15, -0.1) is 0 Å². The average molecular weight is 397 g/mol. The van der Waals surface area contributed by atoms with Crippen LogP contribution in [0.5, 0.6) is 0 Å². The fourth-order valence-corrected chi connectivity index (χ4v) is 6.63. The minimum Gasteiger partial charge on any atom is -0.390 e. The van der Waals surface area contributed by atoms with E-state index in [-0.39, 0.29) is 12.0 Å². The number of hydrogen-bond donors (Lipinski definition) is 3. The van der Waals surface area contributed by atoms with E-state index in [1.807, 2.05) is 0 Å². The third-order valence-corrected chi connectivity index (χ3v) is 8.22. The molecule has 0 amide bonds. The molecule has 0 heterocycles. The quantitative estimate of drug-likeness (QED) is 0.662. The summed E-state index contributed by atoms with van der Waals surface area (Å²) in [6.07, 6.45) is -2.76. The van der Waals surface area contributed by atoms with Gasteiger partial charge >= 0.3 is 0 Å². The third kappa shape index (κ3) is 2.01. The smallest absolute Gasteiger partial charge is 0.190 e. The van der Waals surface area contributed by atoms with E-state index >= 15 is 4.39 Å². The number of allylic oxidation sites excluding steroid dienone is 4. The number of fused-ring (bicyclic) bond motifs is 5. The van der Waals surface area contributed by atoms with Crippen molar-refractivity contribution < 1.29 is 36.2 Å². The van der Waals surface area contributed by atoms with Gasteiger partial charge in [0.15, 0.2) is 17.2 Å².